The number of ketones is 1. The standard InChI is InChI=1S/C25H38N2O4S/c1-4-5-6-7-11-14-25(17-19(2)3,27-23(30)16-21(28)18-32)24(31)26-22(29)15-20-12-9-8-10-13-20/h8-10,12-13,19,32H,4-7,11,14-18H2,1-3H3,(H,27,30)(H,26,29,31)/t25-/m0/s1. The number of benzene rings is 1. The molecule has 1 aromatic rings. The summed E-state index contributed by atoms with van der Waals surface area (Å²) in [5.41, 5.74) is -0.434. The number of carbonyl (C=O) groups is 4. The van der Waals surface area contributed by atoms with Crippen LogP contribution in [0.25, 0.3) is 0 Å². The molecule has 0 aromatic heterocycles. The first-order valence-corrected chi connectivity index (χ1v) is 12.2. The third-order valence-corrected chi connectivity index (χ3v) is 5.62. The van der Waals surface area contributed by atoms with E-state index in [0.717, 1.165) is 37.7 Å². The quantitative estimate of drug-likeness (QED) is 0.208. The van der Waals surface area contributed by atoms with Crippen LogP contribution in [0.5, 0.6) is 0 Å². The maximum atomic E-state index is 13.4. The summed E-state index contributed by atoms with van der Waals surface area (Å²) in [6, 6.07) is 9.18. The first kappa shape index (κ1) is 27.9. The molecular formula is C25H38N2O4S. The number of Topliss-reactive ketones (excluding diaryl/α,β-unsaturated/α-hetero) is 1. The molecule has 0 aliphatic rings. The topological polar surface area (TPSA) is 92.3 Å². The molecule has 0 heterocycles. The van der Waals surface area contributed by atoms with E-state index < -0.39 is 23.3 Å². The molecule has 178 valence electrons. The first-order chi connectivity index (χ1) is 15.2. The Morgan fingerprint density at radius 3 is 2.22 bits per heavy atom. The maximum absolute atomic E-state index is 13.4. The molecule has 1 rings (SSSR count). The summed E-state index contributed by atoms with van der Waals surface area (Å²) in [6.07, 6.45) is 5.49. The molecule has 2 N–H and O–H groups in total. The van der Waals surface area contributed by atoms with Gasteiger partial charge in [-0.2, -0.15) is 12.6 Å². The van der Waals surface area contributed by atoms with Gasteiger partial charge in [-0.3, -0.25) is 24.5 Å². The van der Waals surface area contributed by atoms with Crippen molar-refractivity contribution >= 4 is 36.1 Å². The fraction of sp³-hybridized carbons (Fsp3) is 0.600. The van der Waals surface area contributed by atoms with E-state index in [1.807, 2.05) is 44.2 Å². The van der Waals surface area contributed by atoms with Crippen LogP contribution in [-0.4, -0.2) is 34.8 Å². The Kier molecular flexibility index (Phi) is 12.9. The van der Waals surface area contributed by atoms with E-state index in [0.29, 0.717) is 12.8 Å². The van der Waals surface area contributed by atoms with Crippen molar-refractivity contribution < 1.29 is 19.2 Å². The molecular weight excluding hydrogens is 424 g/mol. The van der Waals surface area contributed by atoms with Crippen molar-refractivity contribution in [2.75, 3.05) is 5.75 Å². The van der Waals surface area contributed by atoms with E-state index in [4.69, 9.17) is 0 Å². The van der Waals surface area contributed by atoms with Gasteiger partial charge in [0.05, 0.1) is 12.8 Å². The zero-order valence-corrected chi connectivity index (χ0v) is 20.5. The van der Waals surface area contributed by atoms with E-state index in [-0.39, 0.29) is 30.3 Å². The first-order valence-electron chi connectivity index (χ1n) is 11.5. The van der Waals surface area contributed by atoms with Crippen LogP contribution in [-0.2, 0) is 25.6 Å². The Morgan fingerprint density at radius 1 is 0.969 bits per heavy atom. The number of imide groups is 1. The van der Waals surface area contributed by atoms with Crippen LogP contribution in [0, 0.1) is 5.92 Å². The zero-order valence-electron chi connectivity index (χ0n) is 19.6. The normalized spacial score (nSPS) is 12.8. The smallest absolute Gasteiger partial charge is 0.252 e. The largest absolute Gasteiger partial charge is 0.341 e. The molecule has 0 spiro atoms. The van der Waals surface area contributed by atoms with Crippen molar-refractivity contribution in [2.45, 2.75) is 84.1 Å². The fourth-order valence-electron chi connectivity index (χ4n) is 3.82. The molecule has 0 aliphatic heterocycles. The molecule has 7 heteroatoms. The average Bonchev–Trinajstić information content (AvgIpc) is 2.73. The lowest BCUT2D eigenvalue weighted by Gasteiger charge is -2.35. The Labute approximate surface area is 197 Å². The number of carbonyl (C=O) groups excluding carboxylic acids is 4. The summed E-state index contributed by atoms with van der Waals surface area (Å²) >= 11 is 3.93. The number of nitrogens with one attached hydrogen (secondary N) is 2. The van der Waals surface area contributed by atoms with Gasteiger partial charge < -0.3 is 5.32 Å². The summed E-state index contributed by atoms with van der Waals surface area (Å²) in [5.74, 6) is -1.68. The van der Waals surface area contributed by atoms with Crippen LogP contribution in [0.1, 0.15) is 77.7 Å². The highest BCUT2D eigenvalue weighted by molar-refractivity contribution is 7.81. The van der Waals surface area contributed by atoms with Gasteiger partial charge in [-0.15, -0.1) is 0 Å². The highest BCUT2D eigenvalue weighted by Crippen LogP contribution is 2.25. The lowest BCUT2D eigenvalue weighted by molar-refractivity contribution is -0.140. The van der Waals surface area contributed by atoms with Crippen molar-refractivity contribution in [2.24, 2.45) is 5.92 Å². The van der Waals surface area contributed by atoms with Gasteiger partial charge in [0.1, 0.15) is 5.54 Å². The Hall–Kier alpha value is -2.15. The van der Waals surface area contributed by atoms with E-state index in [1.54, 1.807) is 0 Å². The zero-order chi connectivity index (χ0) is 24.0. The Balaban J connectivity index is 3.02. The number of hydrogen-bond acceptors (Lipinski definition) is 5. The Morgan fingerprint density at radius 2 is 1.62 bits per heavy atom. The number of amides is 3. The van der Waals surface area contributed by atoms with Crippen LogP contribution >= 0.6 is 12.6 Å². The molecule has 0 saturated carbocycles. The molecule has 0 saturated heterocycles. The molecule has 0 bridgehead atoms. The molecule has 0 radical (unpaired) electrons. The van der Waals surface area contributed by atoms with Gasteiger partial charge in [0, 0.05) is 5.75 Å². The predicted molar refractivity (Wildman–Crippen MR) is 130 cm³/mol. The average molecular weight is 463 g/mol. The summed E-state index contributed by atoms with van der Waals surface area (Å²) in [4.78, 5) is 50.3. The fourth-order valence-corrected chi connectivity index (χ4v) is 3.94. The number of hydrogen-bond donors (Lipinski definition) is 3. The number of rotatable bonds is 15. The minimum atomic E-state index is -1.24. The van der Waals surface area contributed by atoms with Crippen molar-refractivity contribution in [1.82, 2.24) is 10.6 Å². The van der Waals surface area contributed by atoms with Crippen molar-refractivity contribution in [1.29, 1.82) is 0 Å². The number of thiol groups is 1. The van der Waals surface area contributed by atoms with Crippen LogP contribution in [0.3, 0.4) is 0 Å². The second-order valence-electron chi connectivity index (χ2n) is 8.81. The van der Waals surface area contributed by atoms with Crippen LogP contribution < -0.4 is 10.6 Å². The molecule has 32 heavy (non-hydrogen) atoms. The highest BCUT2D eigenvalue weighted by Gasteiger charge is 2.40. The lowest BCUT2D eigenvalue weighted by Crippen LogP contribution is -2.60. The van der Waals surface area contributed by atoms with Gasteiger partial charge in [0.15, 0.2) is 5.78 Å². The van der Waals surface area contributed by atoms with Crippen molar-refractivity contribution in [3.8, 4) is 0 Å². The third kappa shape index (κ3) is 10.4. The summed E-state index contributed by atoms with van der Waals surface area (Å²) in [6.45, 7) is 6.07. The van der Waals surface area contributed by atoms with Crippen LogP contribution in [0.4, 0.5) is 0 Å². The molecule has 3 amide bonds. The van der Waals surface area contributed by atoms with Crippen molar-refractivity contribution in [3.05, 3.63) is 35.9 Å². The Bertz CT molecular complexity index is 752. The monoisotopic (exact) mass is 462 g/mol. The van der Waals surface area contributed by atoms with Crippen LogP contribution in [0.15, 0.2) is 30.3 Å². The summed E-state index contributed by atoms with van der Waals surface area (Å²) in [5, 5.41) is 5.34. The van der Waals surface area contributed by atoms with E-state index >= 15 is 0 Å². The molecule has 1 atom stereocenters. The minimum Gasteiger partial charge on any atom is -0.341 e. The number of unbranched alkanes of at least 4 members (excludes halogenated alkanes) is 4. The molecule has 0 fully saturated rings. The van der Waals surface area contributed by atoms with Gasteiger partial charge in [0.2, 0.25) is 11.8 Å². The minimum absolute atomic E-state index is 0.0383. The van der Waals surface area contributed by atoms with E-state index in [9.17, 15) is 19.2 Å². The van der Waals surface area contributed by atoms with E-state index in [2.05, 4.69) is 30.2 Å². The maximum Gasteiger partial charge on any atom is 0.252 e. The van der Waals surface area contributed by atoms with Gasteiger partial charge in [-0.1, -0.05) is 83.2 Å². The van der Waals surface area contributed by atoms with E-state index in [1.165, 1.54) is 0 Å². The summed E-state index contributed by atoms with van der Waals surface area (Å²) < 4.78 is 0. The van der Waals surface area contributed by atoms with Gasteiger partial charge in [-0.05, 0) is 24.3 Å². The lowest BCUT2D eigenvalue weighted by atomic mass is 9.82. The molecule has 0 aliphatic carbocycles. The second kappa shape index (κ2) is 14.8. The predicted octanol–water partition coefficient (Wildman–Crippen LogP) is 4.02. The SMILES string of the molecule is CCCCCCC[C@@](CC(C)C)(NC(=O)CC(=O)CS)C(=O)NC(=O)Cc1ccccc1. The highest BCUT2D eigenvalue weighted by atomic mass is 32.1. The third-order valence-electron chi connectivity index (χ3n) is 5.27. The molecule has 6 nitrogen and oxygen atoms in total. The molecule has 1 aromatic carbocycles. The molecule has 0 unspecified atom stereocenters. The second-order valence-corrected chi connectivity index (χ2v) is 9.12. The van der Waals surface area contributed by atoms with Gasteiger partial charge in [0.25, 0.3) is 5.91 Å². The van der Waals surface area contributed by atoms with Gasteiger partial charge in [-0.25, -0.2) is 0 Å². The van der Waals surface area contributed by atoms with Crippen molar-refractivity contribution in [3.63, 3.8) is 0 Å². The van der Waals surface area contributed by atoms with Crippen LogP contribution in [0.2, 0.25) is 0 Å². The summed E-state index contributed by atoms with van der Waals surface area (Å²) in [7, 11) is 0. The van der Waals surface area contributed by atoms with Gasteiger partial charge >= 0.3 is 0 Å².